The first kappa shape index (κ1) is 12.8. The molecule has 0 saturated heterocycles. The molecule has 0 spiro atoms. The van der Waals surface area contributed by atoms with Crippen molar-refractivity contribution in [2.45, 2.75) is 56.9 Å². The van der Waals surface area contributed by atoms with Gasteiger partial charge in [-0.05, 0) is 25.2 Å². The number of halogens is 3. The van der Waals surface area contributed by atoms with E-state index in [-0.39, 0.29) is 6.42 Å². The number of rotatable bonds is 2. The Hall–Kier alpha value is -0.290. The van der Waals surface area contributed by atoms with Crippen molar-refractivity contribution in [3.63, 3.8) is 0 Å². The smallest absolute Gasteiger partial charge is 0.393 e. The van der Waals surface area contributed by atoms with Gasteiger partial charge in [0.15, 0.2) is 0 Å². The van der Waals surface area contributed by atoms with Gasteiger partial charge in [-0.25, -0.2) is 0 Å². The summed E-state index contributed by atoms with van der Waals surface area (Å²) in [5.74, 6) is -0.413. The summed E-state index contributed by atoms with van der Waals surface area (Å²) in [5, 5.41) is 18.5. The van der Waals surface area contributed by atoms with Crippen molar-refractivity contribution in [3.05, 3.63) is 0 Å². The summed E-state index contributed by atoms with van der Waals surface area (Å²) in [6, 6.07) is 0. The van der Waals surface area contributed by atoms with Gasteiger partial charge in [0.05, 0.1) is 6.10 Å². The maximum Gasteiger partial charge on any atom is 0.414 e. The van der Waals surface area contributed by atoms with Crippen molar-refractivity contribution in [1.82, 2.24) is 0 Å². The fraction of sp³-hybridized carbons (Fsp3) is 1.00. The lowest BCUT2D eigenvalue weighted by molar-refractivity contribution is -0.210. The number of aliphatic hydroxyl groups is 2. The van der Waals surface area contributed by atoms with Crippen LogP contribution in [0.25, 0.3) is 0 Å². The first-order chi connectivity index (χ1) is 6.91. The summed E-state index contributed by atoms with van der Waals surface area (Å²) in [5.41, 5.74) is 0. The second kappa shape index (κ2) is 5.16. The molecule has 0 aromatic carbocycles. The molecule has 3 unspecified atom stereocenters. The van der Waals surface area contributed by atoms with Crippen LogP contribution in [0, 0.1) is 5.92 Å². The Labute approximate surface area is 87.1 Å². The average molecular weight is 226 g/mol. The van der Waals surface area contributed by atoms with Crippen LogP contribution in [-0.2, 0) is 0 Å². The van der Waals surface area contributed by atoms with Crippen LogP contribution < -0.4 is 0 Å². The molecule has 2 N–H and O–H groups in total. The van der Waals surface area contributed by atoms with Gasteiger partial charge in [0.2, 0.25) is 0 Å². The van der Waals surface area contributed by atoms with E-state index in [0.717, 1.165) is 19.3 Å². The normalized spacial score (nSPS) is 31.0. The molecule has 1 rings (SSSR count). The summed E-state index contributed by atoms with van der Waals surface area (Å²) in [4.78, 5) is 0. The SMILES string of the molecule is OC1CCCCCC1CC(O)C(F)(F)F. The summed E-state index contributed by atoms with van der Waals surface area (Å²) in [6.45, 7) is 0. The number of hydrogen-bond acceptors (Lipinski definition) is 2. The highest BCUT2D eigenvalue weighted by molar-refractivity contribution is 4.78. The third-order valence-corrected chi connectivity index (χ3v) is 3.02. The van der Waals surface area contributed by atoms with Crippen LogP contribution in [0.1, 0.15) is 38.5 Å². The maximum atomic E-state index is 12.1. The molecule has 1 aliphatic carbocycles. The van der Waals surface area contributed by atoms with E-state index in [1.807, 2.05) is 0 Å². The Morgan fingerprint density at radius 2 is 1.73 bits per heavy atom. The van der Waals surface area contributed by atoms with Gasteiger partial charge in [-0.2, -0.15) is 13.2 Å². The highest BCUT2D eigenvalue weighted by Crippen LogP contribution is 2.31. The molecule has 1 saturated carbocycles. The largest absolute Gasteiger partial charge is 0.414 e. The van der Waals surface area contributed by atoms with Gasteiger partial charge in [0.1, 0.15) is 6.10 Å². The summed E-state index contributed by atoms with van der Waals surface area (Å²) in [6.07, 6.45) is -4.14. The summed E-state index contributed by atoms with van der Waals surface area (Å²) in [7, 11) is 0. The lowest BCUT2D eigenvalue weighted by Crippen LogP contribution is -2.33. The topological polar surface area (TPSA) is 40.5 Å². The van der Waals surface area contributed by atoms with E-state index in [9.17, 15) is 18.3 Å². The van der Waals surface area contributed by atoms with Crippen LogP contribution in [0.15, 0.2) is 0 Å². The van der Waals surface area contributed by atoms with Gasteiger partial charge < -0.3 is 10.2 Å². The molecule has 0 aromatic heterocycles. The molecule has 0 radical (unpaired) electrons. The van der Waals surface area contributed by atoms with E-state index in [0.29, 0.717) is 12.8 Å². The summed E-state index contributed by atoms with van der Waals surface area (Å²) < 4.78 is 36.3. The molecule has 1 fully saturated rings. The molecular weight excluding hydrogens is 209 g/mol. The molecule has 0 bridgehead atoms. The van der Waals surface area contributed by atoms with Crippen molar-refractivity contribution in [1.29, 1.82) is 0 Å². The van der Waals surface area contributed by atoms with Crippen molar-refractivity contribution in [3.8, 4) is 0 Å². The average Bonchev–Trinajstić information content (AvgIpc) is 2.30. The molecule has 3 atom stereocenters. The first-order valence-corrected chi connectivity index (χ1v) is 5.34. The van der Waals surface area contributed by atoms with E-state index in [2.05, 4.69) is 0 Å². The minimum atomic E-state index is -4.56. The Kier molecular flexibility index (Phi) is 4.40. The summed E-state index contributed by atoms with van der Waals surface area (Å²) >= 11 is 0. The quantitative estimate of drug-likeness (QED) is 0.709. The van der Waals surface area contributed by atoms with Crippen LogP contribution in [0.4, 0.5) is 13.2 Å². The highest BCUT2D eigenvalue weighted by Gasteiger charge is 2.40. The molecule has 0 aromatic rings. The van der Waals surface area contributed by atoms with Gasteiger partial charge in [0, 0.05) is 0 Å². The van der Waals surface area contributed by atoms with Gasteiger partial charge in [-0.15, -0.1) is 0 Å². The van der Waals surface area contributed by atoms with E-state index in [4.69, 9.17) is 5.11 Å². The Morgan fingerprint density at radius 3 is 2.33 bits per heavy atom. The predicted molar refractivity (Wildman–Crippen MR) is 49.3 cm³/mol. The fourth-order valence-electron chi connectivity index (χ4n) is 2.06. The number of aliphatic hydroxyl groups excluding tert-OH is 2. The van der Waals surface area contributed by atoms with Crippen LogP contribution in [0.5, 0.6) is 0 Å². The first-order valence-electron chi connectivity index (χ1n) is 5.34. The zero-order valence-electron chi connectivity index (χ0n) is 8.50. The van der Waals surface area contributed by atoms with E-state index < -0.39 is 24.3 Å². The van der Waals surface area contributed by atoms with Gasteiger partial charge in [-0.1, -0.05) is 19.3 Å². The maximum absolute atomic E-state index is 12.1. The second-order valence-corrected chi connectivity index (χ2v) is 4.26. The van der Waals surface area contributed by atoms with Crippen LogP contribution in [-0.4, -0.2) is 28.6 Å². The molecule has 5 heteroatoms. The van der Waals surface area contributed by atoms with Crippen molar-refractivity contribution >= 4 is 0 Å². The van der Waals surface area contributed by atoms with Crippen molar-refractivity contribution in [2.75, 3.05) is 0 Å². The lowest BCUT2D eigenvalue weighted by atomic mass is 9.91. The van der Waals surface area contributed by atoms with E-state index >= 15 is 0 Å². The third kappa shape index (κ3) is 3.99. The zero-order valence-corrected chi connectivity index (χ0v) is 8.50. The molecule has 1 aliphatic rings. The Morgan fingerprint density at radius 1 is 1.13 bits per heavy atom. The van der Waals surface area contributed by atoms with Crippen molar-refractivity contribution in [2.24, 2.45) is 5.92 Å². The Bertz CT molecular complexity index is 194. The Balaban J connectivity index is 2.48. The number of hydrogen-bond donors (Lipinski definition) is 2. The third-order valence-electron chi connectivity index (χ3n) is 3.02. The molecular formula is C10H17F3O2. The monoisotopic (exact) mass is 226 g/mol. The molecule has 0 heterocycles. The van der Waals surface area contributed by atoms with Crippen LogP contribution in [0.2, 0.25) is 0 Å². The molecule has 2 nitrogen and oxygen atoms in total. The van der Waals surface area contributed by atoms with Crippen molar-refractivity contribution < 1.29 is 23.4 Å². The molecule has 0 amide bonds. The molecule has 0 aliphatic heterocycles. The predicted octanol–water partition coefficient (Wildman–Crippen LogP) is 2.24. The fourth-order valence-corrected chi connectivity index (χ4v) is 2.06. The zero-order chi connectivity index (χ0) is 11.5. The van der Waals surface area contributed by atoms with E-state index in [1.165, 1.54) is 0 Å². The minimum Gasteiger partial charge on any atom is -0.393 e. The lowest BCUT2D eigenvalue weighted by Gasteiger charge is -2.24. The second-order valence-electron chi connectivity index (χ2n) is 4.26. The van der Waals surface area contributed by atoms with E-state index in [1.54, 1.807) is 0 Å². The number of alkyl halides is 3. The van der Waals surface area contributed by atoms with Crippen LogP contribution >= 0.6 is 0 Å². The standard InChI is InChI=1S/C10H17F3O2/c11-10(12,13)9(15)6-7-4-2-1-3-5-8(7)14/h7-9,14-15H,1-6H2. The molecule has 15 heavy (non-hydrogen) atoms. The molecule has 90 valence electrons. The van der Waals surface area contributed by atoms with Crippen LogP contribution in [0.3, 0.4) is 0 Å². The van der Waals surface area contributed by atoms with Gasteiger partial charge in [0.25, 0.3) is 0 Å². The minimum absolute atomic E-state index is 0.370. The van der Waals surface area contributed by atoms with Gasteiger partial charge >= 0.3 is 6.18 Å². The van der Waals surface area contributed by atoms with Gasteiger partial charge in [-0.3, -0.25) is 0 Å². The highest BCUT2D eigenvalue weighted by atomic mass is 19.4.